The van der Waals surface area contributed by atoms with E-state index in [9.17, 15) is 0 Å². The van der Waals surface area contributed by atoms with E-state index >= 15 is 0 Å². The molecule has 0 amide bonds. The van der Waals surface area contributed by atoms with E-state index in [4.69, 9.17) is 11.6 Å². The Kier molecular flexibility index (Phi) is 6.58. The van der Waals surface area contributed by atoms with Crippen LogP contribution in [0.25, 0.3) is 0 Å². The van der Waals surface area contributed by atoms with Crippen LogP contribution in [-0.4, -0.2) is 0 Å². The SMILES string of the molecule is CC.CC(C)CC(C)C1(c2ccc(Cl)cc2)CCC1C. The highest BCUT2D eigenvalue weighted by Gasteiger charge is 2.48. The average molecular weight is 295 g/mol. The van der Waals surface area contributed by atoms with Crippen molar-refractivity contribution < 1.29 is 0 Å². The molecule has 1 aromatic rings. The summed E-state index contributed by atoms with van der Waals surface area (Å²) < 4.78 is 0. The van der Waals surface area contributed by atoms with Gasteiger partial charge < -0.3 is 0 Å². The number of halogens is 1. The fourth-order valence-electron chi connectivity index (χ4n) is 3.87. The van der Waals surface area contributed by atoms with Crippen LogP contribution in [0.15, 0.2) is 24.3 Å². The van der Waals surface area contributed by atoms with Crippen molar-refractivity contribution in [3.05, 3.63) is 34.9 Å². The molecule has 0 N–H and O–H groups in total. The molecule has 1 heteroatoms. The fourth-order valence-corrected chi connectivity index (χ4v) is 3.99. The van der Waals surface area contributed by atoms with E-state index < -0.39 is 0 Å². The molecule has 0 spiro atoms. The summed E-state index contributed by atoms with van der Waals surface area (Å²) in [6.07, 6.45) is 4.02. The van der Waals surface area contributed by atoms with E-state index in [1.807, 2.05) is 26.0 Å². The fraction of sp³-hybridized carbons (Fsp3) is 0.684. The molecule has 1 aliphatic carbocycles. The van der Waals surface area contributed by atoms with E-state index in [1.165, 1.54) is 24.8 Å². The van der Waals surface area contributed by atoms with Gasteiger partial charge in [0.05, 0.1) is 0 Å². The maximum absolute atomic E-state index is 6.02. The van der Waals surface area contributed by atoms with Crippen molar-refractivity contribution in [1.29, 1.82) is 0 Å². The second-order valence-electron chi connectivity index (χ2n) is 6.52. The Labute approximate surface area is 130 Å². The van der Waals surface area contributed by atoms with Crippen LogP contribution in [0.1, 0.15) is 66.4 Å². The van der Waals surface area contributed by atoms with Gasteiger partial charge in [-0.15, -0.1) is 0 Å². The van der Waals surface area contributed by atoms with Gasteiger partial charge in [0.2, 0.25) is 0 Å². The standard InChI is InChI=1S/C17H25Cl.C2H6/c1-12(2)11-14(4)17(10-9-13(17)3)15-5-7-16(18)8-6-15;1-2/h5-8,12-14H,9-11H2,1-4H3;1-2H3. The molecule has 1 aromatic carbocycles. The molecular weight excluding hydrogens is 264 g/mol. The smallest absolute Gasteiger partial charge is 0.0406 e. The highest BCUT2D eigenvalue weighted by molar-refractivity contribution is 6.30. The van der Waals surface area contributed by atoms with Crippen molar-refractivity contribution in [2.45, 2.75) is 66.2 Å². The van der Waals surface area contributed by atoms with E-state index in [2.05, 4.69) is 39.8 Å². The monoisotopic (exact) mass is 294 g/mol. The van der Waals surface area contributed by atoms with Crippen LogP contribution >= 0.6 is 11.6 Å². The Morgan fingerprint density at radius 2 is 1.70 bits per heavy atom. The van der Waals surface area contributed by atoms with Crippen LogP contribution in [0.5, 0.6) is 0 Å². The zero-order valence-corrected chi connectivity index (χ0v) is 14.8. The van der Waals surface area contributed by atoms with Crippen molar-refractivity contribution in [3.63, 3.8) is 0 Å². The van der Waals surface area contributed by atoms with E-state index in [0.717, 1.165) is 22.8 Å². The molecule has 0 aliphatic heterocycles. The van der Waals surface area contributed by atoms with Gasteiger partial charge in [-0.05, 0) is 54.7 Å². The van der Waals surface area contributed by atoms with E-state index in [1.54, 1.807) is 0 Å². The van der Waals surface area contributed by atoms with Gasteiger partial charge in [0, 0.05) is 10.4 Å². The minimum absolute atomic E-state index is 0.398. The van der Waals surface area contributed by atoms with Gasteiger partial charge in [-0.1, -0.05) is 65.3 Å². The summed E-state index contributed by atoms with van der Waals surface area (Å²) in [7, 11) is 0. The van der Waals surface area contributed by atoms with Gasteiger partial charge in [0.15, 0.2) is 0 Å². The molecule has 1 saturated carbocycles. The maximum atomic E-state index is 6.02. The minimum atomic E-state index is 0.398. The molecule has 1 aliphatic rings. The molecular formula is C19H31Cl. The van der Waals surface area contributed by atoms with E-state index in [0.29, 0.717) is 5.41 Å². The Morgan fingerprint density at radius 3 is 2.05 bits per heavy atom. The Bertz CT molecular complexity index is 393. The van der Waals surface area contributed by atoms with Crippen LogP contribution in [0.3, 0.4) is 0 Å². The summed E-state index contributed by atoms with van der Waals surface area (Å²) in [4.78, 5) is 0. The first-order chi connectivity index (χ1) is 9.46. The van der Waals surface area contributed by atoms with Gasteiger partial charge in [0.1, 0.15) is 0 Å². The highest BCUT2D eigenvalue weighted by Crippen LogP contribution is 2.55. The summed E-state index contributed by atoms with van der Waals surface area (Å²) in [6, 6.07) is 8.58. The maximum Gasteiger partial charge on any atom is 0.0406 e. The molecule has 0 heterocycles. The van der Waals surface area contributed by atoms with Gasteiger partial charge in [0.25, 0.3) is 0 Å². The lowest BCUT2D eigenvalue weighted by molar-refractivity contribution is 0.0620. The van der Waals surface area contributed by atoms with Crippen LogP contribution < -0.4 is 0 Å². The van der Waals surface area contributed by atoms with Gasteiger partial charge in [-0.25, -0.2) is 0 Å². The molecule has 114 valence electrons. The summed E-state index contributed by atoms with van der Waals surface area (Å²) in [5, 5.41) is 0.845. The average Bonchev–Trinajstić information content (AvgIpc) is 2.41. The van der Waals surface area contributed by atoms with Crippen LogP contribution in [0.2, 0.25) is 5.02 Å². The zero-order valence-electron chi connectivity index (χ0n) is 14.0. The minimum Gasteiger partial charge on any atom is -0.0843 e. The first-order valence-corrected chi connectivity index (χ1v) is 8.60. The van der Waals surface area contributed by atoms with Gasteiger partial charge in [-0.3, -0.25) is 0 Å². The van der Waals surface area contributed by atoms with Crippen molar-refractivity contribution >= 4 is 11.6 Å². The molecule has 1 fully saturated rings. The molecule has 3 atom stereocenters. The second kappa shape index (κ2) is 7.50. The zero-order chi connectivity index (χ0) is 15.3. The highest BCUT2D eigenvalue weighted by atomic mass is 35.5. The van der Waals surface area contributed by atoms with Crippen LogP contribution in [-0.2, 0) is 5.41 Å². The third kappa shape index (κ3) is 3.39. The van der Waals surface area contributed by atoms with Crippen molar-refractivity contribution in [3.8, 4) is 0 Å². The van der Waals surface area contributed by atoms with Crippen molar-refractivity contribution in [2.75, 3.05) is 0 Å². The number of rotatable bonds is 4. The number of hydrogen-bond acceptors (Lipinski definition) is 0. The number of hydrogen-bond donors (Lipinski definition) is 0. The largest absolute Gasteiger partial charge is 0.0843 e. The topological polar surface area (TPSA) is 0 Å². The molecule has 0 aromatic heterocycles. The summed E-state index contributed by atoms with van der Waals surface area (Å²) >= 11 is 6.02. The predicted molar refractivity (Wildman–Crippen MR) is 91.5 cm³/mol. The summed E-state index contributed by atoms with van der Waals surface area (Å²) in [5.74, 6) is 2.33. The molecule has 20 heavy (non-hydrogen) atoms. The molecule has 0 saturated heterocycles. The lowest BCUT2D eigenvalue weighted by atomic mass is 9.51. The van der Waals surface area contributed by atoms with Gasteiger partial charge in [-0.2, -0.15) is 0 Å². The number of benzene rings is 1. The molecule has 0 bridgehead atoms. The Hall–Kier alpha value is -0.490. The first-order valence-electron chi connectivity index (χ1n) is 8.23. The van der Waals surface area contributed by atoms with Crippen LogP contribution in [0, 0.1) is 17.8 Å². The lowest BCUT2D eigenvalue weighted by Gasteiger charge is -2.53. The molecule has 0 nitrogen and oxygen atoms in total. The summed E-state index contributed by atoms with van der Waals surface area (Å²) in [5.41, 5.74) is 1.90. The molecule has 3 unspecified atom stereocenters. The molecule has 2 rings (SSSR count). The molecule has 0 radical (unpaired) electrons. The Morgan fingerprint density at radius 1 is 1.15 bits per heavy atom. The normalized spacial score (nSPS) is 26.5. The Balaban J connectivity index is 0.000000956. The van der Waals surface area contributed by atoms with Crippen molar-refractivity contribution in [2.24, 2.45) is 17.8 Å². The van der Waals surface area contributed by atoms with E-state index in [-0.39, 0.29) is 0 Å². The first kappa shape index (κ1) is 17.6. The lowest BCUT2D eigenvalue weighted by Crippen LogP contribution is -2.48. The predicted octanol–water partition coefficient (Wildman–Crippen LogP) is 6.72. The third-order valence-corrected chi connectivity index (χ3v) is 5.21. The quantitative estimate of drug-likeness (QED) is 0.578. The van der Waals surface area contributed by atoms with Gasteiger partial charge >= 0.3 is 0 Å². The summed E-state index contributed by atoms with van der Waals surface area (Å²) in [6.45, 7) is 13.5. The van der Waals surface area contributed by atoms with Crippen molar-refractivity contribution in [1.82, 2.24) is 0 Å². The third-order valence-electron chi connectivity index (χ3n) is 4.96. The second-order valence-corrected chi connectivity index (χ2v) is 6.95. The van der Waals surface area contributed by atoms with Crippen LogP contribution in [0.4, 0.5) is 0 Å².